The van der Waals surface area contributed by atoms with Gasteiger partial charge in [-0.05, 0) is 31.2 Å². The number of ketones is 1. The molecule has 10 nitrogen and oxygen atoms in total. The maximum atomic E-state index is 12.6. The van der Waals surface area contributed by atoms with Crippen LogP contribution in [0.1, 0.15) is 17.6 Å². The van der Waals surface area contributed by atoms with E-state index in [9.17, 15) is 4.79 Å². The van der Waals surface area contributed by atoms with E-state index in [4.69, 9.17) is 23.4 Å². The second-order valence-electron chi connectivity index (χ2n) is 6.69. The Labute approximate surface area is 193 Å². The molecule has 4 rings (SSSR count). The molecule has 11 heteroatoms. The predicted octanol–water partition coefficient (Wildman–Crippen LogP) is 4.01. The molecule has 0 amide bonds. The van der Waals surface area contributed by atoms with Gasteiger partial charge in [-0.3, -0.25) is 4.79 Å². The van der Waals surface area contributed by atoms with E-state index in [2.05, 4.69) is 20.2 Å². The third kappa shape index (κ3) is 4.72. The van der Waals surface area contributed by atoms with Crippen LogP contribution in [0.15, 0.2) is 39.9 Å². The number of Topliss-reactive ketones (excluding diaryl/α,β-unsaturated/α-hetero) is 1. The van der Waals surface area contributed by atoms with Crippen LogP contribution in [0.2, 0.25) is 0 Å². The van der Waals surface area contributed by atoms with Crippen molar-refractivity contribution in [2.45, 2.75) is 12.1 Å². The lowest BCUT2D eigenvalue weighted by molar-refractivity contribution is 0.0986. The van der Waals surface area contributed by atoms with E-state index in [-0.39, 0.29) is 23.3 Å². The van der Waals surface area contributed by atoms with E-state index in [1.807, 2.05) is 25.1 Å². The van der Waals surface area contributed by atoms with Gasteiger partial charge in [0.2, 0.25) is 17.4 Å². The molecular weight excluding hydrogens is 448 g/mol. The third-order valence-electron chi connectivity index (χ3n) is 4.66. The molecule has 0 fully saturated rings. The topological polar surface area (TPSA) is 122 Å². The molecule has 2 heterocycles. The number of imidazole rings is 1. The number of aromatic nitrogens is 4. The van der Waals surface area contributed by atoms with Crippen molar-refractivity contribution >= 4 is 28.6 Å². The molecule has 0 saturated heterocycles. The van der Waals surface area contributed by atoms with Crippen molar-refractivity contribution < 1.29 is 28.2 Å². The number of hydrogen-bond acceptors (Lipinski definition) is 10. The van der Waals surface area contributed by atoms with E-state index in [0.29, 0.717) is 34.6 Å². The number of hydrogen-bond donors (Lipinski definition) is 1. The minimum Gasteiger partial charge on any atom is -0.494 e. The standard InChI is InChI=1S/C22H22N4O6S/c1-5-31-13-6-7-14-15(10-13)24-22(23-14)33-11-16(27)21-26-25-20(32-21)12-8-17(28-2)19(30-4)18(9-12)29-3/h6-10H,5,11H2,1-4H3,(H,23,24). The Morgan fingerprint density at radius 1 is 1.06 bits per heavy atom. The van der Waals surface area contributed by atoms with Crippen LogP contribution in [0.25, 0.3) is 22.5 Å². The molecule has 0 atom stereocenters. The second kappa shape index (κ2) is 9.82. The van der Waals surface area contributed by atoms with Crippen molar-refractivity contribution in [1.29, 1.82) is 0 Å². The number of nitrogens with zero attached hydrogens (tertiary/aromatic N) is 3. The Bertz CT molecular complexity index is 1260. The number of aromatic amines is 1. The molecule has 0 radical (unpaired) electrons. The molecule has 33 heavy (non-hydrogen) atoms. The number of benzene rings is 2. The van der Waals surface area contributed by atoms with Crippen LogP contribution in [-0.4, -0.2) is 59.6 Å². The lowest BCUT2D eigenvalue weighted by Crippen LogP contribution is -2.03. The van der Waals surface area contributed by atoms with Crippen LogP contribution in [0.5, 0.6) is 23.0 Å². The van der Waals surface area contributed by atoms with Crippen LogP contribution >= 0.6 is 11.8 Å². The predicted molar refractivity (Wildman–Crippen MR) is 122 cm³/mol. The SMILES string of the molecule is CCOc1ccc2nc(SCC(=O)c3nnc(-c4cc(OC)c(OC)c(OC)c4)o3)[nH]c2c1. The van der Waals surface area contributed by atoms with Crippen molar-refractivity contribution in [3.8, 4) is 34.5 Å². The molecular formula is C22H22N4O6S. The van der Waals surface area contributed by atoms with Gasteiger partial charge in [0.25, 0.3) is 5.89 Å². The van der Waals surface area contributed by atoms with E-state index in [1.54, 1.807) is 12.1 Å². The van der Waals surface area contributed by atoms with Crippen molar-refractivity contribution in [2.75, 3.05) is 33.7 Å². The maximum Gasteiger partial charge on any atom is 0.285 e. The first kappa shape index (κ1) is 22.5. The van der Waals surface area contributed by atoms with Gasteiger partial charge < -0.3 is 28.3 Å². The summed E-state index contributed by atoms with van der Waals surface area (Å²) >= 11 is 1.25. The van der Waals surface area contributed by atoms with E-state index in [0.717, 1.165) is 16.8 Å². The monoisotopic (exact) mass is 470 g/mol. The summed E-state index contributed by atoms with van der Waals surface area (Å²) < 4.78 is 27.1. The molecule has 0 bridgehead atoms. The number of ether oxygens (including phenoxy) is 4. The smallest absolute Gasteiger partial charge is 0.285 e. The fourth-order valence-corrected chi connectivity index (χ4v) is 3.88. The van der Waals surface area contributed by atoms with Crippen molar-refractivity contribution in [2.24, 2.45) is 0 Å². The van der Waals surface area contributed by atoms with Crippen LogP contribution in [0.3, 0.4) is 0 Å². The fraction of sp³-hybridized carbons (Fsp3) is 0.273. The number of carbonyl (C=O) groups excluding carboxylic acids is 1. The van der Waals surface area contributed by atoms with Crippen LogP contribution in [-0.2, 0) is 0 Å². The van der Waals surface area contributed by atoms with Crippen molar-refractivity contribution in [3.05, 3.63) is 36.2 Å². The quantitative estimate of drug-likeness (QED) is 0.269. The van der Waals surface area contributed by atoms with Gasteiger partial charge in [0.15, 0.2) is 16.7 Å². The maximum absolute atomic E-state index is 12.6. The molecule has 2 aromatic heterocycles. The first-order valence-electron chi connectivity index (χ1n) is 9.98. The number of nitrogens with one attached hydrogen (secondary N) is 1. The van der Waals surface area contributed by atoms with Gasteiger partial charge in [-0.1, -0.05) is 11.8 Å². The minimum atomic E-state index is -0.318. The zero-order valence-corrected chi connectivity index (χ0v) is 19.3. The van der Waals surface area contributed by atoms with Gasteiger partial charge in [-0.25, -0.2) is 4.98 Å². The number of carbonyl (C=O) groups is 1. The second-order valence-corrected chi connectivity index (χ2v) is 7.66. The summed E-state index contributed by atoms with van der Waals surface area (Å²) in [6, 6.07) is 8.94. The number of rotatable bonds is 10. The highest BCUT2D eigenvalue weighted by molar-refractivity contribution is 7.99. The van der Waals surface area contributed by atoms with Gasteiger partial charge in [0, 0.05) is 11.6 Å². The molecule has 0 aliphatic rings. The highest BCUT2D eigenvalue weighted by atomic mass is 32.2. The van der Waals surface area contributed by atoms with Crippen LogP contribution < -0.4 is 18.9 Å². The molecule has 2 aromatic carbocycles. The molecule has 1 N–H and O–H groups in total. The summed E-state index contributed by atoms with van der Waals surface area (Å²) in [6.07, 6.45) is 0. The van der Waals surface area contributed by atoms with Gasteiger partial charge in [-0.2, -0.15) is 0 Å². The summed E-state index contributed by atoms with van der Waals surface area (Å²) in [5.41, 5.74) is 2.15. The summed E-state index contributed by atoms with van der Waals surface area (Å²) in [5.74, 6) is 1.89. The Morgan fingerprint density at radius 3 is 2.48 bits per heavy atom. The van der Waals surface area contributed by atoms with Gasteiger partial charge in [-0.15, -0.1) is 10.2 Å². The highest BCUT2D eigenvalue weighted by Gasteiger charge is 2.20. The first-order chi connectivity index (χ1) is 16.1. The lowest BCUT2D eigenvalue weighted by atomic mass is 10.2. The lowest BCUT2D eigenvalue weighted by Gasteiger charge is -2.12. The Hall–Kier alpha value is -3.73. The zero-order valence-electron chi connectivity index (χ0n) is 18.5. The zero-order chi connectivity index (χ0) is 23.4. The Morgan fingerprint density at radius 2 is 1.82 bits per heavy atom. The van der Waals surface area contributed by atoms with E-state index >= 15 is 0 Å². The molecule has 0 unspecified atom stereocenters. The number of methoxy groups -OCH3 is 3. The van der Waals surface area contributed by atoms with Crippen LogP contribution in [0.4, 0.5) is 0 Å². The average Bonchev–Trinajstić information content (AvgIpc) is 3.48. The van der Waals surface area contributed by atoms with Gasteiger partial charge in [0.05, 0.1) is 44.7 Å². The molecule has 4 aromatic rings. The molecule has 0 saturated carbocycles. The molecule has 0 aliphatic heterocycles. The van der Waals surface area contributed by atoms with E-state index in [1.165, 1.54) is 33.1 Å². The molecule has 172 valence electrons. The summed E-state index contributed by atoms with van der Waals surface area (Å²) in [7, 11) is 4.54. The minimum absolute atomic E-state index is 0.0784. The summed E-state index contributed by atoms with van der Waals surface area (Å²) in [4.78, 5) is 20.3. The summed E-state index contributed by atoms with van der Waals surface area (Å²) in [5, 5.41) is 8.50. The van der Waals surface area contributed by atoms with Crippen LogP contribution in [0, 0.1) is 0 Å². The average molecular weight is 471 g/mol. The normalized spacial score (nSPS) is 10.9. The van der Waals surface area contributed by atoms with Crippen molar-refractivity contribution in [1.82, 2.24) is 20.2 Å². The molecule has 0 aliphatic carbocycles. The van der Waals surface area contributed by atoms with Gasteiger partial charge >= 0.3 is 0 Å². The molecule has 0 spiro atoms. The Kier molecular flexibility index (Phi) is 6.68. The number of fused-ring (bicyclic) bond motifs is 1. The number of thioether (sulfide) groups is 1. The largest absolute Gasteiger partial charge is 0.494 e. The highest BCUT2D eigenvalue weighted by Crippen LogP contribution is 2.40. The van der Waals surface area contributed by atoms with Gasteiger partial charge in [0.1, 0.15) is 5.75 Å². The Balaban J connectivity index is 1.48. The van der Waals surface area contributed by atoms with Crippen molar-refractivity contribution in [3.63, 3.8) is 0 Å². The summed E-state index contributed by atoms with van der Waals surface area (Å²) in [6.45, 7) is 2.51. The van der Waals surface area contributed by atoms with E-state index < -0.39 is 0 Å². The first-order valence-corrected chi connectivity index (χ1v) is 11.0. The third-order valence-corrected chi connectivity index (χ3v) is 5.53. The number of H-pyrrole nitrogens is 1. The fourth-order valence-electron chi connectivity index (χ4n) is 3.14.